The molecule has 0 atom stereocenters. The van der Waals surface area contributed by atoms with E-state index in [1.807, 2.05) is 13.0 Å². The van der Waals surface area contributed by atoms with Crippen molar-refractivity contribution in [3.05, 3.63) is 40.4 Å². The Balaban J connectivity index is 2.71. The smallest absolute Gasteiger partial charge is 0.274 e. The molecule has 2 aromatic rings. The van der Waals surface area contributed by atoms with Gasteiger partial charge in [-0.15, -0.1) is 0 Å². The molecule has 0 bridgehead atoms. The number of para-hydroxylation sites is 1. The largest absolute Gasteiger partial charge is 0.280 e. The lowest BCUT2D eigenvalue weighted by atomic mass is 10.2. The van der Waals surface area contributed by atoms with Gasteiger partial charge in [0.05, 0.1) is 10.9 Å². The lowest BCUT2D eigenvalue weighted by Crippen LogP contribution is -2.35. The van der Waals surface area contributed by atoms with E-state index in [0.717, 1.165) is 6.42 Å². The van der Waals surface area contributed by atoms with Crippen LogP contribution in [0.15, 0.2) is 29.1 Å². The summed E-state index contributed by atoms with van der Waals surface area (Å²) in [6, 6.07) is 7.13. The third kappa shape index (κ3) is 2.25. The average Bonchev–Trinajstić information content (AvgIpc) is 2.34. The number of nitrogens with one attached hydrogen (secondary N) is 1. The van der Waals surface area contributed by atoms with Crippen molar-refractivity contribution in [2.24, 2.45) is 0 Å². The zero-order valence-corrected chi connectivity index (χ0v) is 10.4. The quantitative estimate of drug-likeness (QED) is 0.889. The lowest BCUT2D eigenvalue weighted by Gasteiger charge is -2.12. The molecular formula is C13H15N3O2. The van der Waals surface area contributed by atoms with Crippen LogP contribution in [0.5, 0.6) is 0 Å². The van der Waals surface area contributed by atoms with Crippen molar-refractivity contribution in [3.8, 4) is 0 Å². The maximum atomic E-state index is 12.3. The molecule has 0 saturated heterocycles. The van der Waals surface area contributed by atoms with Gasteiger partial charge in [-0.2, -0.15) is 0 Å². The number of nitrogens with zero attached hydrogens (tertiary/aromatic N) is 2. The molecule has 1 aromatic heterocycles. The molecule has 0 saturated carbocycles. The van der Waals surface area contributed by atoms with E-state index in [-0.39, 0.29) is 11.5 Å². The second-order valence-electron chi connectivity index (χ2n) is 4.10. The van der Waals surface area contributed by atoms with Gasteiger partial charge in [-0.05, 0) is 18.6 Å². The summed E-state index contributed by atoms with van der Waals surface area (Å²) in [6.07, 6.45) is 1.49. The number of carbonyl (C=O) groups is 1. The number of hydrogen-bond donors (Lipinski definition) is 1. The van der Waals surface area contributed by atoms with Crippen LogP contribution >= 0.6 is 0 Å². The van der Waals surface area contributed by atoms with Crippen LogP contribution in [0.4, 0.5) is 0 Å². The highest BCUT2D eigenvalue weighted by Gasteiger charge is 2.10. The number of amides is 1. The molecule has 0 unspecified atom stereocenters. The molecule has 5 heteroatoms. The maximum absolute atomic E-state index is 12.3. The maximum Gasteiger partial charge on any atom is 0.280 e. The van der Waals surface area contributed by atoms with Gasteiger partial charge in [0.2, 0.25) is 5.91 Å². The normalized spacial score (nSPS) is 10.6. The first-order valence-corrected chi connectivity index (χ1v) is 5.91. The summed E-state index contributed by atoms with van der Waals surface area (Å²) in [5.41, 5.74) is 2.94. The van der Waals surface area contributed by atoms with Gasteiger partial charge in [-0.1, -0.05) is 19.1 Å². The second kappa shape index (κ2) is 5.00. The van der Waals surface area contributed by atoms with Crippen molar-refractivity contribution in [2.75, 3.05) is 5.43 Å². The number of aromatic nitrogens is 2. The summed E-state index contributed by atoms with van der Waals surface area (Å²) < 4.78 is 1.24. The summed E-state index contributed by atoms with van der Waals surface area (Å²) in [5, 5.41) is 0.506. The van der Waals surface area contributed by atoms with Crippen LogP contribution in [0, 0.1) is 0 Å². The van der Waals surface area contributed by atoms with Gasteiger partial charge in [0.25, 0.3) is 5.56 Å². The van der Waals surface area contributed by atoms with E-state index in [4.69, 9.17) is 0 Å². The minimum Gasteiger partial charge on any atom is -0.274 e. The Bertz CT molecular complexity index is 646. The highest BCUT2D eigenvalue weighted by atomic mass is 16.2. The van der Waals surface area contributed by atoms with Gasteiger partial charge in [-0.25, -0.2) is 9.66 Å². The lowest BCUT2D eigenvalue weighted by molar-refractivity contribution is -0.115. The first kappa shape index (κ1) is 12.3. The molecule has 0 aliphatic heterocycles. The van der Waals surface area contributed by atoms with Gasteiger partial charge in [0, 0.05) is 13.3 Å². The fraction of sp³-hybridized carbons (Fsp3) is 0.308. The number of aryl methyl sites for hydroxylation is 1. The molecule has 0 radical (unpaired) electrons. The predicted molar refractivity (Wildman–Crippen MR) is 70.0 cm³/mol. The minimum atomic E-state index is -0.286. The van der Waals surface area contributed by atoms with Gasteiger partial charge in [0.15, 0.2) is 0 Å². The fourth-order valence-corrected chi connectivity index (χ4v) is 1.84. The van der Waals surface area contributed by atoms with Crippen LogP contribution in [0.1, 0.15) is 26.1 Å². The molecule has 2 rings (SSSR count). The van der Waals surface area contributed by atoms with Crippen molar-refractivity contribution >= 4 is 16.8 Å². The number of fused-ring (bicyclic) bond motifs is 1. The van der Waals surface area contributed by atoms with E-state index in [0.29, 0.717) is 23.1 Å². The van der Waals surface area contributed by atoms with Crippen LogP contribution in [0.25, 0.3) is 10.9 Å². The highest BCUT2D eigenvalue weighted by Crippen LogP contribution is 2.08. The Morgan fingerprint density at radius 1 is 1.39 bits per heavy atom. The van der Waals surface area contributed by atoms with Crippen LogP contribution in [0.3, 0.4) is 0 Å². The van der Waals surface area contributed by atoms with E-state index < -0.39 is 0 Å². The molecule has 1 N–H and O–H groups in total. The first-order chi connectivity index (χ1) is 8.63. The fourth-order valence-electron chi connectivity index (χ4n) is 1.84. The Hall–Kier alpha value is -2.17. The molecule has 1 aromatic carbocycles. The molecule has 18 heavy (non-hydrogen) atoms. The van der Waals surface area contributed by atoms with E-state index in [1.165, 1.54) is 11.6 Å². The van der Waals surface area contributed by atoms with E-state index in [2.05, 4.69) is 10.4 Å². The molecule has 0 aliphatic rings. The first-order valence-electron chi connectivity index (χ1n) is 5.91. The summed E-state index contributed by atoms with van der Waals surface area (Å²) in [4.78, 5) is 27.9. The SMILES string of the molecule is CCCc1nc2ccccc2c(=O)n1NC(C)=O. The zero-order valence-electron chi connectivity index (χ0n) is 10.4. The zero-order chi connectivity index (χ0) is 13.1. The Kier molecular flexibility index (Phi) is 3.41. The van der Waals surface area contributed by atoms with Crippen LogP contribution in [-0.4, -0.2) is 15.6 Å². The minimum absolute atomic E-state index is 0.237. The van der Waals surface area contributed by atoms with Gasteiger partial charge < -0.3 is 0 Å². The summed E-state index contributed by atoms with van der Waals surface area (Å²) in [5.74, 6) is 0.294. The number of hydrogen-bond acceptors (Lipinski definition) is 3. The summed E-state index contributed by atoms with van der Waals surface area (Å²) in [7, 11) is 0. The van der Waals surface area contributed by atoms with E-state index in [9.17, 15) is 9.59 Å². The van der Waals surface area contributed by atoms with Crippen LogP contribution < -0.4 is 11.0 Å². The number of benzene rings is 1. The molecule has 1 amide bonds. The molecule has 5 nitrogen and oxygen atoms in total. The molecule has 0 aliphatic carbocycles. The van der Waals surface area contributed by atoms with Crippen molar-refractivity contribution in [3.63, 3.8) is 0 Å². The third-order valence-corrected chi connectivity index (χ3v) is 2.59. The second-order valence-corrected chi connectivity index (χ2v) is 4.10. The van der Waals surface area contributed by atoms with Crippen LogP contribution in [-0.2, 0) is 11.2 Å². The van der Waals surface area contributed by atoms with Gasteiger partial charge in [-0.3, -0.25) is 15.0 Å². The number of rotatable bonds is 3. The molecule has 1 heterocycles. The standard InChI is InChI=1S/C13H15N3O2/c1-3-6-12-14-11-8-5-4-7-10(11)13(18)16(12)15-9(2)17/h4-5,7-8H,3,6H2,1-2H3,(H,15,17). The summed E-state index contributed by atoms with van der Waals surface area (Å²) >= 11 is 0. The van der Waals surface area contributed by atoms with E-state index >= 15 is 0 Å². The molecule has 0 fully saturated rings. The Morgan fingerprint density at radius 3 is 2.78 bits per heavy atom. The van der Waals surface area contributed by atoms with Gasteiger partial charge >= 0.3 is 0 Å². The van der Waals surface area contributed by atoms with Crippen LogP contribution in [0.2, 0.25) is 0 Å². The predicted octanol–water partition coefficient (Wildman–Crippen LogP) is 1.44. The third-order valence-electron chi connectivity index (χ3n) is 2.59. The molecule has 94 valence electrons. The Labute approximate surface area is 104 Å². The topological polar surface area (TPSA) is 64.0 Å². The average molecular weight is 245 g/mol. The Morgan fingerprint density at radius 2 is 2.11 bits per heavy atom. The van der Waals surface area contributed by atoms with Crippen molar-refractivity contribution in [1.29, 1.82) is 0 Å². The summed E-state index contributed by atoms with van der Waals surface area (Å²) in [6.45, 7) is 3.37. The monoisotopic (exact) mass is 245 g/mol. The van der Waals surface area contributed by atoms with Crippen molar-refractivity contribution < 1.29 is 4.79 Å². The molecule has 0 spiro atoms. The van der Waals surface area contributed by atoms with E-state index in [1.54, 1.807) is 18.2 Å². The van der Waals surface area contributed by atoms with Crippen molar-refractivity contribution in [1.82, 2.24) is 9.66 Å². The van der Waals surface area contributed by atoms with Crippen molar-refractivity contribution in [2.45, 2.75) is 26.7 Å². The molecular weight excluding hydrogens is 230 g/mol. The van der Waals surface area contributed by atoms with Gasteiger partial charge in [0.1, 0.15) is 5.82 Å². The highest BCUT2D eigenvalue weighted by molar-refractivity contribution is 5.82. The number of carbonyl (C=O) groups excluding carboxylic acids is 1.